The second-order valence-electron chi connectivity index (χ2n) is 4.93. The number of pyridine rings is 1. The molecule has 1 aliphatic carbocycles. The predicted molar refractivity (Wildman–Crippen MR) is 70.2 cm³/mol. The maximum atomic E-state index is 4.65. The van der Waals surface area contributed by atoms with Crippen LogP contribution in [-0.4, -0.2) is 20.8 Å². The highest BCUT2D eigenvalue weighted by Crippen LogP contribution is 2.19. The van der Waals surface area contributed by atoms with Crippen LogP contribution in [0.1, 0.15) is 29.9 Å². The van der Waals surface area contributed by atoms with E-state index in [9.17, 15) is 0 Å². The molecular formula is C14H18N4. The predicted octanol–water partition coefficient (Wildman–Crippen LogP) is 1.89. The van der Waals surface area contributed by atoms with Crippen LogP contribution in [0.4, 0.5) is 0 Å². The van der Waals surface area contributed by atoms with E-state index in [1.807, 2.05) is 23.9 Å². The summed E-state index contributed by atoms with van der Waals surface area (Å²) in [7, 11) is 0. The lowest BCUT2D eigenvalue weighted by atomic mass is 10.3. The molecule has 0 aliphatic heterocycles. The van der Waals surface area contributed by atoms with E-state index >= 15 is 0 Å². The van der Waals surface area contributed by atoms with Crippen molar-refractivity contribution in [2.75, 3.05) is 0 Å². The molecule has 1 fully saturated rings. The largest absolute Gasteiger partial charge is 0.308 e. The molecule has 1 aliphatic rings. The van der Waals surface area contributed by atoms with Gasteiger partial charge in [0.25, 0.3) is 0 Å². The Morgan fingerprint density at radius 3 is 2.83 bits per heavy atom. The molecule has 0 radical (unpaired) electrons. The standard InChI is InChI=1S/C14H18N4/c1-11-7-8-18(17-11)10-14-4-2-3-13(16-14)9-15-12-5-6-12/h2-4,7-8,12,15H,5-6,9-10H2,1H3. The molecule has 4 heteroatoms. The van der Waals surface area contributed by atoms with Crippen molar-refractivity contribution in [2.45, 2.75) is 38.9 Å². The minimum atomic E-state index is 0.726. The monoisotopic (exact) mass is 242 g/mol. The van der Waals surface area contributed by atoms with E-state index in [0.717, 1.165) is 36.2 Å². The van der Waals surface area contributed by atoms with Gasteiger partial charge in [-0.25, -0.2) is 0 Å². The zero-order valence-electron chi connectivity index (χ0n) is 10.6. The number of nitrogens with one attached hydrogen (secondary N) is 1. The van der Waals surface area contributed by atoms with Gasteiger partial charge in [0, 0.05) is 18.8 Å². The zero-order valence-corrected chi connectivity index (χ0v) is 10.6. The van der Waals surface area contributed by atoms with Crippen LogP contribution in [-0.2, 0) is 13.1 Å². The topological polar surface area (TPSA) is 42.7 Å². The van der Waals surface area contributed by atoms with Gasteiger partial charge in [-0.3, -0.25) is 9.67 Å². The average Bonchev–Trinajstić information content (AvgIpc) is 3.11. The van der Waals surface area contributed by atoms with Crippen LogP contribution in [0, 0.1) is 6.92 Å². The van der Waals surface area contributed by atoms with Gasteiger partial charge in [-0.2, -0.15) is 5.10 Å². The molecule has 0 spiro atoms. The number of nitrogens with zero attached hydrogens (tertiary/aromatic N) is 3. The van der Waals surface area contributed by atoms with Gasteiger partial charge in [-0.1, -0.05) is 6.07 Å². The molecule has 1 N–H and O–H groups in total. The van der Waals surface area contributed by atoms with Crippen molar-refractivity contribution in [3.63, 3.8) is 0 Å². The van der Waals surface area contributed by atoms with E-state index in [-0.39, 0.29) is 0 Å². The summed E-state index contributed by atoms with van der Waals surface area (Å²) in [4.78, 5) is 4.65. The molecule has 2 heterocycles. The van der Waals surface area contributed by atoms with E-state index < -0.39 is 0 Å². The Morgan fingerprint density at radius 1 is 1.28 bits per heavy atom. The number of aromatic nitrogens is 3. The highest BCUT2D eigenvalue weighted by atomic mass is 15.3. The molecule has 94 valence electrons. The molecule has 0 aromatic carbocycles. The Hall–Kier alpha value is -1.68. The molecule has 4 nitrogen and oxygen atoms in total. The van der Waals surface area contributed by atoms with Crippen LogP contribution in [0.25, 0.3) is 0 Å². The van der Waals surface area contributed by atoms with Crippen molar-refractivity contribution in [3.05, 3.63) is 47.5 Å². The van der Waals surface area contributed by atoms with Gasteiger partial charge in [0.15, 0.2) is 0 Å². The van der Waals surface area contributed by atoms with E-state index in [0.29, 0.717) is 0 Å². The third-order valence-corrected chi connectivity index (χ3v) is 3.11. The van der Waals surface area contributed by atoms with Crippen LogP contribution in [0.3, 0.4) is 0 Å². The molecule has 0 unspecified atom stereocenters. The van der Waals surface area contributed by atoms with Crippen molar-refractivity contribution < 1.29 is 0 Å². The van der Waals surface area contributed by atoms with Gasteiger partial charge >= 0.3 is 0 Å². The fourth-order valence-corrected chi connectivity index (χ4v) is 1.97. The van der Waals surface area contributed by atoms with Crippen LogP contribution in [0.5, 0.6) is 0 Å². The molecule has 1 saturated carbocycles. The van der Waals surface area contributed by atoms with Crippen molar-refractivity contribution in [3.8, 4) is 0 Å². The average molecular weight is 242 g/mol. The Kier molecular flexibility index (Phi) is 3.11. The first-order valence-corrected chi connectivity index (χ1v) is 6.48. The lowest BCUT2D eigenvalue weighted by Gasteiger charge is -2.05. The minimum Gasteiger partial charge on any atom is -0.308 e. The van der Waals surface area contributed by atoms with Gasteiger partial charge in [0.05, 0.1) is 23.6 Å². The minimum absolute atomic E-state index is 0.726. The number of hydrogen-bond donors (Lipinski definition) is 1. The molecule has 0 atom stereocenters. The van der Waals surface area contributed by atoms with Crippen LogP contribution < -0.4 is 5.32 Å². The first kappa shape index (κ1) is 11.4. The van der Waals surface area contributed by atoms with Gasteiger partial charge < -0.3 is 5.32 Å². The Bertz CT molecular complexity index is 528. The normalized spacial score (nSPS) is 14.9. The Balaban J connectivity index is 1.65. The smallest absolute Gasteiger partial charge is 0.0831 e. The van der Waals surface area contributed by atoms with Crippen molar-refractivity contribution in [1.82, 2.24) is 20.1 Å². The van der Waals surface area contributed by atoms with Crippen LogP contribution >= 0.6 is 0 Å². The highest BCUT2D eigenvalue weighted by Gasteiger charge is 2.20. The fraction of sp³-hybridized carbons (Fsp3) is 0.429. The molecule has 3 rings (SSSR count). The Labute approximate surface area is 107 Å². The van der Waals surface area contributed by atoms with Crippen molar-refractivity contribution >= 4 is 0 Å². The van der Waals surface area contributed by atoms with Gasteiger partial charge in [0.1, 0.15) is 0 Å². The molecule has 18 heavy (non-hydrogen) atoms. The number of hydrogen-bond acceptors (Lipinski definition) is 3. The number of rotatable bonds is 5. The maximum absolute atomic E-state index is 4.65. The van der Waals surface area contributed by atoms with Gasteiger partial charge in [-0.05, 0) is 38.0 Å². The first-order chi connectivity index (χ1) is 8.79. The van der Waals surface area contributed by atoms with E-state index in [1.54, 1.807) is 0 Å². The van der Waals surface area contributed by atoms with E-state index in [2.05, 4.69) is 33.6 Å². The zero-order chi connectivity index (χ0) is 12.4. The molecule has 2 aromatic rings. The summed E-state index contributed by atoms with van der Waals surface area (Å²) in [6.07, 6.45) is 4.62. The molecule has 2 aromatic heterocycles. The second-order valence-corrected chi connectivity index (χ2v) is 4.93. The quantitative estimate of drug-likeness (QED) is 0.870. The molecule has 0 saturated heterocycles. The fourth-order valence-electron chi connectivity index (χ4n) is 1.97. The summed E-state index contributed by atoms with van der Waals surface area (Å²) in [5.74, 6) is 0. The van der Waals surface area contributed by atoms with E-state index in [1.165, 1.54) is 12.8 Å². The summed E-state index contributed by atoms with van der Waals surface area (Å²) in [5, 5.41) is 7.86. The number of aryl methyl sites for hydroxylation is 1. The SMILES string of the molecule is Cc1ccn(Cc2cccc(CNC3CC3)n2)n1. The third kappa shape index (κ3) is 2.96. The van der Waals surface area contributed by atoms with Crippen LogP contribution in [0.2, 0.25) is 0 Å². The summed E-state index contributed by atoms with van der Waals surface area (Å²) in [5.41, 5.74) is 3.22. The molecule has 0 bridgehead atoms. The second kappa shape index (κ2) is 4.90. The summed E-state index contributed by atoms with van der Waals surface area (Å²) in [6, 6.07) is 8.94. The lowest BCUT2D eigenvalue weighted by Crippen LogP contribution is -2.16. The van der Waals surface area contributed by atoms with Gasteiger partial charge in [0.2, 0.25) is 0 Å². The first-order valence-electron chi connectivity index (χ1n) is 6.48. The van der Waals surface area contributed by atoms with Gasteiger partial charge in [-0.15, -0.1) is 0 Å². The summed E-state index contributed by atoms with van der Waals surface area (Å²) in [6.45, 7) is 3.61. The van der Waals surface area contributed by atoms with Crippen molar-refractivity contribution in [1.29, 1.82) is 0 Å². The van der Waals surface area contributed by atoms with Crippen LogP contribution in [0.15, 0.2) is 30.5 Å². The molecule has 0 amide bonds. The third-order valence-electron chi connectivity index (χ3n) is 3.11. The molecular weight excluding hydrogens is 224 g/mol. The highest BCUT2D eigenvalue weighted by molar-refractivity contribution is 5.12. The Morgan fingerprint density at radius 2 is 2.11 bits per heavy atom. The summed E-state index contributed by atoms with van der Waals surface area (Å²) >= 11 is 0. The summed E-state index contributed by atoms with van der Waals surface area (Å²) < 4.78 is 1.93. The van der Waals surface area contributed by atoms with E-state index in [4.69, 9.17) is 0 Å². The lowest BCUT2D eigenvalue weighted by molar-refractivity contribution is 0.645. The maximum Gasteiger partial charge on any atom is 0.0831 e. The van der Waals surface area contributed by atoms with Crippen molar-refractivity contribution in [2.24, 2.45) is 0 Å².